The summed E-state index contributed by atoms with van der Waals surface area (Å²) in [5, 5.41) is -0.597. The number of halogens is 1. The lowest BCUT2D eigenvalue weighted by Gasteiger charge is -1.83. The first-order valence-corrected chi connectivity index (χ1v) is 2.83. The van der Waals surface area contributed by atoms with Crippen LogP contribution in [0, 0.1) is 0 Å². The van der Waals surface area contributed by atoms with Gasteiger partial charge >= 0.3 is 0 Å². The molecule has 0 aromatic carbocycles. The first-order chi connectivity index (χ1) is 3.18. The highest BCUT2D eigenvalue weighted by molar-refractivity contribution is 8.13. The molecule has 0 heterocycles. The minimum absolute atomic E-state index is 0.597. The lowest BCUT2D eigenvalue weighted by molar-refractivity contribution is -0.109. The highest BCUT2D eigenvalue weighted by atomic mass is 32.2. The Hall–Kier alpha value is -0.310. The van der Waals surface area contributed by atoms with Crippen molar-refractivity contribution in [1.29, 1.82) is 0 Å². The van der Waals surface area contributed by atoms with Gasteiger partial charge in [-0.05, 0) is 6.26 Å². The van der Waals surface area contributed by atoms with Gasteiger partial charge in [0.2, 0.25) is 5.12 Å². The number of thioether (sulfide) groups is 1. The van der Waals surface area contributed by atoms with E-state index in [4.69, 9.17) is 0 Å². The molecule has 0 aliphatic rings. The Morgan fingerprint density at radius 1 is 1.86 bits per heavy atom. The molecule has 0 bridgehead atoms. The van der Waals surface area contributed by atoms with Gasteiger partial charge in [0.05, 0.1) is 0 Å². The normalized spacial score (nSPS) is 8.29. The molecule has 0 saturated heterocycles. The highest BCUT2D eigenvalue weighted by Crippen LogP contribution is 2.03. The molecule has 3 heteroatoms. The van der Waals surface area contributed by atoms with Gasteiger partial charge < -0.3 is 0 Å². The van der Waals surface area contributed by atoms with Crippen molar-refractivity contribution in [3.63, 3.8) is 0 Å². The van der Waals surface area contributed by atoms with Crippen LogP contribution in [0.4, 0.5) is 4.39 Å². The third kappa shape index (κ3) is 2.39. The SMILES string of the molecule is C=C(F)C(=O)SC. The Morgan fingerprint density at radius 3 is 2.29 bits per heavy atom. The zero-order valence-electron chi connectivity index (χ0n) is 3.90. The van der Waals surface area contributed by atoms with Crippen LogP contribution < -0.4 is 0 Å². The smallest absolute Gasteiger partial charge is 0.246 e. The van der Waals surface area contributed by atoms with E-state index in [-0.39, 0.29) is 0 Å². The summed E-state index contributed by atoms with van der Waals surface area (Å²) in [5.74, 6) is -0.882. The Bertz CT molecular complexity index is 99.9. The van der Waals surface area contributed by atoms with Crippen molar-refractivity contribution in [3.8, 4) is 0 Å². The topological polar surface area (TPSA) is 17.1 Å². The number of carbonyl (C=O) groups excluding carboxylic acids is 1. The molecule has 0 unspecified atom stereocenters. The van der Waals surface area contributed by atoms with Gasteiger partial charge in [-0.1, -0.05) is 18.3 Å². The van der Waals surface area contributed by atoms with Gasteiger partial charge in [-0.15, -0.1) is 0 Å². The zero-order valence-corrected chi connectivity index (χ0v) is 4.72. The molecule has 0 aliphatic heterocycles. The van der Waals surface area contributed by atoms with Crippen LogP contribution in [0.5, 0.6) is 0 Å². The van der Waals surface area contributed by atoms with Gasteiger partial charge in [-0.3, -0.25) is 4.79 Å². The van der Waals surface area contributed by atoms with Crippen molar-refractivity contribution in [1.82, 2.24) is 0 Å². The van der Waals surface area contributed by atoms with Crippen molar-refractivity contribution >= 4 is 16.9 Å². The predicted molar refractivity (Wildman–Crippen MR) is 28.8 cm³/mol. The van der Waals surface area contributed by atoms with E-state index in [2.05, 4.69) is 6.58 Å². The van der Waals surface area contributed by atoms with Crippen LogP contribution in [0.15, 0.2) is 12.4 Å². The summed E-state index contributed by atoms with van der Waals surface area (Å²) in [6, 6.07) is 0. The summed E-state index contributed by atoms with van der Waals surface area (Å²) < 4.78 is 11.5. The summed E-state index contributed by atoms with van der Waals surface area (Å²) >= 11 is 0.819. The fraction of sp³-hybridized carbons (Fsp3) is 0.250. The maximum atomic E-state index is 11.5. The molecule has 0 fully saturated rings. The van der Waals surface area contributed by atoms with E-state index in [9.17, 15) is 9.18 Å². The van der Waals surface area contributed by atoms with Gasteiger partial charge in [0, 0.05) is 0 Å². The summed E-state index contributed by atoms with van der Waals surface area (Å²) in [6.45, 7) is 2.79. The molecule has 0 atom stereocenters. The van der Waals surface area contributed by atoms with Gasteiger partial charge in [0.25, 0.3) is 0 Å². The van der Waals surface area contributed by atoms with E-state index in [1.54, 1.807) is 0 Å². The van der Waals surface area contributed by atoms with Crippen molar-refractivity contribution in [2.75, 3.05) is 6.26 Å². The van der Waals surface area contributed by atoms with Gasteiger partial charge in [-0.2, -0.15) is 0 Å². The van der Waals surface area contributed by atoms with Crippen LogP contribution in [0.25, 0.3) is 0 Å². The number of carbonyl (C=O) groups is 1. The minimum atomic E-state index is -0.882. The van der Waals surface area contributed by atoms with Crippen LogP contribution in [0.2, 0.25) is 0 Å². The average molecular weight is 120 g/mol. The Balaban J connectivity index is 3.58. The molecular formula is C4H5FOS. The van der Waals surface area contributed by atoms with Crippen molar-refractivity contribution in [3.05, 3.63) is 12.4 Å². The Kier molecular flexibility index (Phi) is 2.67. The van der Waals surface area contributed by atoms with Crippen LogP contribution in [-0.2, 0) is 4.79 Å². The second kappa shape index (κ2) is 2.80. The van der Waals surface area contributed by atoms with Crippen LogP contribution in [0.3, 0.4) is 0 Å². The molecule has 0 radical (unpaired) electrons. The van der Waals surface area contributed by atoms with Crippen molar-refractivity contribution in [2.24, 2.45) is 0 Å². The minimum Gasteiger partial charge on any atom is -0.279 e. The molecule has 0 aromatic rings. The summed E-state index contributed by atoms with van der Waals surface area (Å²) in [7, 11) is 0. The monoisotopic (exact) mass is 120 g/mol. The first-order valence-electron chi connectivity index (χ1n) is 1.61. The molecule has 0 aliphatic carbocycles. The van der Waals surface area contributed by atoms with Crippen molar-refractivity contribution in [2.45, 2.75) is 0 Å². The summed E-state index contributed by atoms with van der Waals surface area (Å²) in [5.41, 5.74) is 0. The maximum absolute atomic E-state index is 11.5. The third-order valence-electron chi connectivity index (χ3n) is 0.407. The number of hydrogen-bond donors (Lipinski definition) is 0. The second-order valence-corrected chi connectivity index (χ2v) is 1.68. The third-order valence-corrected chi connectivity index (χ3v) is 0.999. The highest BCUT2D eigenvalue weighted by Gasteiger charge is 1.99. The molecule has 1 nitrogen and oxygen atoms in total. The van der Waals surface area contributed by atoms with Gasteiger partial charge in [0.1, 0.15) is 0 Å². The molecule has 0 spiro atoms. The summed E-state index contributed by atoms with van der Waals surface area (Å²) in [4.78, 5) is 10.0. The lowest BCUT2D eigenvalue weighted by Crippen LogP contribution is -1.85. The molecule has 0 saturated carbocycles. The van der Waals surface area contributed by atoms with Gasteiger partial charge in [-0.25, -0.2) is 4.39 Å². The molecule has 0 N–H and O–H groups in total. The van der Waals surface area contributed by atoms with Crippen LogP contribution in [0.1, 0.15) is 0 Å². The fourth-order valence-corrected chi connectivity index (χ4v) is 0.332. The Morgan fingerprint density at radius 2 is 2.29 bits per heavy atom. The van der Waals surface area contributed by atoms with Crippen LogP contribution in [-0.4, -0.2) is 11.4 Å². The van der Waals surface area contributed by atoms with Gasteiger partial charge in [0.15, 0.2) is 5.83 Å². The molecule has 40 valence electrons. The maximum Gasteiger partial charge on any atom is 0.246 e. The quantitative estimate of drug-likeness (QED) is 0.486. The van der Waals surface area contributed by atoms with E-state index in [1.165, 1.54) is 6.26 Å². The molecular weight excluding hydrogens is 115 g/mol. The van der Waals surface area contributed by atoms with E-state index in [0.29, 0.717) is 0 Å². The number of rotatable bonds is 1. The predicted octanol–water partition coefficient (Wildman–Crippen LogP) is 1.36. The molecule has 7 heavy (non-hydrogen) atoms. The first kappa shape index (κ1) is 6.69. The largest absolute Gasteiger partial charge is 0.279 e. The average Bonchev–Trinajstić information content (AvgIpc) is 1.65. The van der Waals surface area contributed by atoms with Crippen LogP contribution >= 0.6 is 11.8 Å². The second-order valence-electron chi connectivity index (χ2n) is 0.896. The molecule has 0 amide bonds. The molecule has 0 rings (SSSR count). The van der Waals surface area contributed by atoms with E-state index >= 15 is 0 Å². The van der Waals surface area contributed by atoms with E-state index < -0.39 is 10.9 Å². The zero-order chi connectivity index (χ0) is 5.86. The standard InChI is InChI=1S/C4H5FOS/c1-3(5)4(6)7-2/h1H2,2H3. The van der Waals surface area contributed by atoms with E-state index in [1.807, 2.05) is 0 Å². The van der Waals surface area contributed by atoms with E-state index in [0.717, 1.165) is 11.8 Å². The summed E-state index contributed by atoms with van der Waals surface area (Å²) in [6.07, 6.45) is 1.51. The lowest BCUT2D eigenvalue weighted by atomic mass is 10.7. The number of hydrogen-bond acceptors (Lipinski definition) is 2. The van der Waals surface area contributed by atoms with Crippen molar-refractivity contribution < 1.29 is 9.18 Å². The fourth-order valence-electron chi connectivity index (χ4n) is 0.111. The Labute approximate surface area is 45.6 Å². The molecule has 0 aromatic heterocycles.